The van der Waals surface area contributed by atoms with E-state index in [1.54, 1.807) is 0 Å². The standard InChI is InChI=1S/C15H27NO/c1-4-12-16-14(5-2)15(17-6-3)13-10-8-7-9-11-13/h2,13-16H,4,6-12H2,1,3H3. The number of hydrogen-bond acceptors (Lipinski definition) is 2. The summed E-state index contributed by atoms with van der Waals surface area (Å²) >= 11 is 0. The Hall–Kier alpha value is -0.520. The van der Waals surface area contributed by atoms with Gasteiger partial charge in [-0.2, -0.15) is 0 Å². The van der Waals surface area contributed by atoms with Gasteiger partial charge < -0.3 is 10.1 Å². The maximum atomic E-state index is 5.93. The molecule has 1 aliphatic carbocycles. The van der Waals surface area contributed by atoms with Gasteiger partial charge in [0, 0.05) is 6.61 Å². The molecule has 1 fully saturated rings. The SMILES string of the molecule is C#CC(NCCC)C(OCC)C1CCCCC1. The average molecular weight is 237 g/mol. The summed E-state index contributed by atoms with van der Waals surface area (Å²) < 4.78 is 5.93. The van der Waals surface area contributed by atoms with Crippen LogP contribution < -0.4 is 5.32 Å². The number of terminal acetylenes is 1. The molecule has 2 atom stereocenters. The molecule has 0 aromatic rings. The van der Waals surface area contributed by atoms with Crippen molar-refractivity contribution < 1.29 is 4.74 Å². The van der Waals surface area contributed by atoms with E-state index in [4.69, 9.17) is 11.2 Å². The number of ether oxygens (including phenoxy) is 1. The highest BCUT2D eigenvalue weighted by Gasteiger charge is 2.29. The molecule has 0 saturated heterocycles. The van der Waals surface area contributed by atoms with Gasteiger partial charge in [0.2, 0.25) is 0 Å². The Kier molecular flexibility index (Phi) is 7.32. The van der Waals surface area contributed by atoms with Gasteiger partial charge in [-0.05, 0) is 38.6 Å². The average Bonchev–Trinajstić information content (AvgIpc) is 2.39. The van der Waals surface area contributed by atoms with Crippen molar-refractivity contribution in [2.24, 2.45) is 5.92 Å². The van der Waals surface area contributed by atoms with Crippen LogP contribution in [0, 0.1) is 18.3 Å². The zero-order valence-corrected chi connectivity index (χ0v) is 11.4. The minimum atomic E-state index is 0.0815. The Morgan fingerprint density at radius 3 is 2.53 bits per heavy atom. The Bertz CT molecular complexity index is 228. The second kappa shape index (κ2) is 8.55. The lowest BCUT2D eigenvalue weighted by Gasteiger charge is -2.33. The summed E-state index contributed by atoms with van der Waals surface area (Å²) in [5.74, 6) is 3.53. The van der Waals surface area contributed by atoms with Crippen LogP contribution in [0.5, 0.6) is 0 Å². The maximum absolute atomic E-state index is 5.93. The molecule has 1 N–H and O–H groups in total. The summed E-state index contributed by atoms with van der Waals surface area (Å²) in [6.07, 6.45) is 13.6. The van der Waals surface area contributed by atoms with Crippen molar-refractivity contribution >= 4 is 0 Å². The lowest BCUT2D eigenvalue weighted by molar-refractivity contribution is -0.00540. The highest BCUT2D eigenvalue weighted by Crippen LogP contribution is 2.29. The molecule has 0 aromatic carbocycles. The highest BCUT2D eigenvalue weighted by atomic mass is 16.5. The van der Waals surface area contributed by atoms with E-state index in [0.29, 0.717) is 5.92 Å². The van der Waals surface area contributed by atoms with E-state index in [1.807, 2.05) is 0 Å². The van der Waals surface area contributed by atoms with E-state index >= 15 is 0 Å². The second-order valence-electron chi connectivity index (χ2n) is 4.92. The molecule has 1 saturated carbocycles. The van der Waals surface area contributed by atoms with Gasteiger partial charge in [0.1, 0.15) is 0 Å². The molecule has 0 radical (unpaired) electrons. The van der Waals surface area contributed by atoms with Crippen LogP contribution >= 0.6 is 0 Å². The van der Waals surface area contributed by atoms with Crippen LogP contribution in [0.3, 0.4) is 0 Å². The largest absolute Gasteiger partial charge is 0.376 e. The molecule has 2 nitrogen and oxygen atoms in total. The summed E-state index contributed by atoms with van der Waals surface area (Å²) in [4.78, 5) is 0. The third-order valence-electron chi connectivity index (χ3n) is 3.60. The first-order chi connectivity index (χ1) is 8.33. The van der Waals surface area contributed by atoms with Crippen molar-refractivity contribution in [3.8, 4) is 12.3 Å². The van der Waals surface area contributed by atoms with Crippen LogP contribution in [-0.4, -0.2) is 25.3 Å². The van der Waals surface area contributed by atoms with Crippen molar-refractivity contribution in [1.29, 1.82) is 0 Å². The second-order valence-corrected chi connectivity index (χ2v) is 4.92. The van der Waals surface area contributed by atoms with Crippen molar-refractivity contribution in [1.82, 2.24) is 5.32 Å². The van der Waals surface area contributed by atoms with Gasteiger partial charge in [0.25, 0.3) is 0 Å². The van der Waals surface area contributed by atoms with E-state index in [2.05, 4.69) is 25.1 Å². The van der Waals surface area contributed by atoms with Crippen LogP contribution in [0.25, 0.3) is 0 Å². The minimum absolute atomic E-state index is 0.0815. The predicted molar refractivity (Wildman–Crippen MR) is 72.9 cm³/mol. The van der Waals surface area contributed by atoms with Gasteiger partial charge >= 0.3 is 0 Å². The first kappa shape index (κ1) is 14.5. The van der Waals surface area contributed by atoms with Crippen LogP contribution in [-0.2, 0) is 4.74 Å². The van der Waals surface area contributed by atoms with Gasteiger partial charge in [0.05, 0.1) is 12.1 Å². The van der Waals surface area contributed by atoms with E-state index in [-0.39, 0.29) is 12.1 Å². The first-order valence-corrected chi connectivity index (χ1v) is 7.14. The molecule has 0 bridgehead atoms. The fourth-order valence-corrected chi connectivity index (χ4v) is 2.73. The molecule has 0 amide bonds. The van der Waals surface area contributed by atoms with Crippen molar-refractivity contribution in [3.05, 3.63) is 0 Å². The zero-order chi connectivity index (χ0) is 12.5. The molecule has 0 heterocycles. The van der Waals surface area contributed by atoms with Gasteiger partial charge in [0.15, 0.2) is 0 Å². The molecule has 0 spiro atoms. The molecule has 1 aliphatic rings. The maximum Gasteiger partial charge on any atom is 0.0955 e. The van der Waals surface area contributed by atoms with Crippen LogP contribution in [0.15, 0.2) is 0 Å². The Morgan fingerprint density at radius 1 is 1.29 bits per heavy atom. The summed E-state index contributed by atoms with van der Waals surface area (Å²) in [5, 5.41) is 3.44. The Balaban J connectivity index is 2.57. The quantitative estimate of drug-likeness (QED) is 0.687. The van der Waals surface area contributed by atoms with Crippen LogP contribution in [0.1, 0.15) is 52.4 Å². The first-order valence-electron chi connectivity index (χ1n) is 7.14. The normalized spacial score (nSPS) is 20.8. The molecule has 0 aliphatic heterocycles. The molecule has 1 rings (SSSR count). The van der Waals surface area contributed by atoms with Crippen LogP contribution in [0.4, 0.5) is 0 Å². The van der Waals surface area contributed by atoms with E-state index in [1.165, 1.54) is 32.1 Å². The monoisotopic (exact) mass is 237 g/mol. The molecule has 17 heavy (non-hydrogen) atoms. The molecular weight excluding hydrogens is 210 g/mol. The van der Waals surface area contributed by atoms with Crippen molar-refractivity contribution in [3.63, 3.8) is 0 Å². The molecule has 2 unspecified atom stereocenters. The van der Waals surface area contributed by atoms with Gasteiger partial charge in [-0.25, -0.2) is 0 Å². The molecular formula is C15H27NO. The summed E-state index contributed by atoms with van der Waals surface area (Å²) in [6.45, 7) is 5.96. The third-order valence-corrected chi connectivity index (χ3v) is 3.60. The van der Waals surface area contributed by atoms with Gasteiger partial charge in [-0.15, -0.1) is 6.42 Å². The summed E-state index contributed by atoms with van der Waals surface area (Å²) in [7, 11) is 0. The summed E-state index contributed by atoms with van der Waals surface area (Å²) in [5.41, 5.74) is 0. The summed E-state index contributed by atoms with van der Waals surface area (Å²) in [6, 6.07) is 0.0815. The minimum Gasteiger partial charge on any atom is -0.376 e. The van der Waals surface area contributed by atoms with E-state index < -0.39 is 0 Å². The number of nitrogens with one attached hydrogen (secondary N) is 1. The van der Waals surface area contributed by atoms with Crippen molar-refractivity contribution in [2.45, 2.75) is 64.5 Å². The predicted octanol–water partition coefficient (Wildman–Crippen LogP) is 2.97. The van der Waals surface area contributed by atoms with Crippen LogP contribution in [0.2, 0.25) is 0 Å². The molecule has 2 heteroatoms. The smallest absolute Gasteiger partial charge is 0.0955 e. The molecule has 98 valence electrons. The lowest BCUT2D eigenvalue weighted by atomic mass is 9.82. The highest BCUT2D eigenvalue weighted by molar-refractivity contribution is 5.05. The Labute approximate surface area is 107 Å². The fourth-order valence-electron chi connectivity index (χ4n) is 2.73. The number of rotatable bonds is 7. The number of hydrogen-bond donors (Lipinski definition) is 1. The topological polar surface area (TPSA) is 21.3 Å². The zero-order valence-electron chi connectivity index (χ0n) is 11.4. The lowest BCUT2D eigenvalue weighted by Crippen LogP contribution is -2.45. The van der Waals surface area contributed by atoms with Gasteiger partial charge in [-0.1, -0.05) is 32.1 Å². The van der Waals surface area contributed by atoms with Gasteiger partial charge in [-0.3, -0.25) is 0 Å². The molecule has 0 aromatic heterocycles. The van der Waals surface area contributed by atoms with Crippen molar-refractivity contribution in [2.75, 3.05) is 13.2 Å². The third kappa shape index (κ3) is 4.69. The Morgan fingerprint density at radius 2 is 2.00 bits per heavy atom. The van der Waals surface area contributed by atoms with E-state index in [9.17, 15) is 0 Å². The fraction of sp³-hybridized carbons (Fsp3) is 0.867. The van der Waals surface area contributed by atoms with E-state index in [0.717, 1.165) is 19.6 Å².